The molecule has 0 N–H and O–H groups in total. The van der Waals surface area contributed by atoms with Crippen LogP contribution in [0.2, 0.25) is 0 Å². The zero-order valence-corrected chi connectivity index (χ0v) is 13.5. The Labute approximate surface area is 127 Å². The van der Waals surface area contributed by atoms with Gasteiger partial charge in [-0.3, -0.25) is 4.90 Å². The Morgan fingerprint density at radius 2 is 1.95 bits per heavy atom. The first-order valence-corrected chi connectivity index (χ1v) is 7.78. The van der Waals surface area contributed by atoms with Crippen molar-refractivity contribution in [1.29, 1.82) is 0 Å². The van der Waals surface area contributed by atoms with Crippen molar-refractivity contribution < 1.29 is 9.53 Å². The van der Waals surface area contributed by atoms with E-state index in [1.165, 1.54) is 0 Å². The monoisotopic (exact) mass is 290 g/mol. The smallest absolute Gasteiger partial charge is 0.410 e. The molecule has 0 saturated carbocycles. The molecular formula is C17H26N2O2. The molecule has 1 aromatic carbocycles. The van der Waals surface area contributed by atoms with Gasteiger partial charge in [-0.05, 0) is 33.4 Å². The summed E-state index contributed by atoms with van der Waals surface area (Å²) in [4.78, 5) is 16.5. The van der Waals surface area contributed by atoms with Gasteiger partial charge in [0.15, 0.2) is 5.60 Å². The van der Waals surface area contributed by atoms with Crippen molar-refractivity contribution in [3.05, 3.63) is 35.9 Å². The van der Waals surface area contributed by atoms with Gasteiger partial charge in [-0.15, -0.1) is 0 Å². The maximum absolute atomic E-state index is 12.5. The number of amides is 1. The normalized spacial score (nSPS) is 25.8. The van der Waals surface area contributed by atoms with Gasteiger partial charge in [-0.1, -0.05) is 30.3 Å². The fourth-order valence-electron chi connectivity index (χ4n) is 3.10. The summed E-state index contributed by atoms with van der Waals surface area (Å²) in [6, 6.07) is 10.3. The lowest BCUT2D eigenvalue weighted by Gasteiger charge is -2.36. The molecule has 4 heteroatoms. The number of likely N-dealkylation sites (tertiary alicyclic amines) is 1. The maximum atomic E-state index is 12.5. The molecule has 2 atom stereocenters. The fourth-order valence-corrected chi connectivity index (χ4v) is 3.10. The summed E-state index contributed by atoms with van der Waals surface area (Å²) in [6.07, 6.45) is 0.618. The predicted molar refractivity (Wildman–Crippen MR) is 84.2 cm³/mol. The summed E-state index contributed by atoms with van der Waals surface area (Å²) in [7, 11) is 2.08. The lowest BCUT2D eigenvalue weighted by molar-refractivity contribution is -0.0286. The van der Waals surface area contributed by atoms with Gasteiger partial charge in [-0.25, -0.2) is 4.79 Å². The fraction of sp³-hybridized carbons (Fsp3) is 0.588. The third-order valence-corrected chi connectivity index (χ3v) is 4.73. The van der Waals surface area contributed by atoms with E-state index < -0.39 is 5.60 Å². The first-order chi connectivity index (χ1) is 10.0. The Morgan fingerprint density at radius 3 is 2.43 bits per heavy atom. The van der Waals surface area contributed by atoms with Crippen LogP contribution in [0.1, 0.15) is 32.8 Å². The van der Waals surface area contributed by atoms with Crippen LogP contribution in [0.15, 0.2) is 30.3 Å². The molecule has 1 saturated heterocycles. The summed E-state index contributed by atoms with van der Waals surface area (Å²) in [5.41, 5.74) is 0.540. The minimum absolute atomic E-state index is 0.166. The lowest BCUT2D eigenvalue weighted by atomic mass is 9.87. The molecule has 1 amide bonds. The number of carbonyl (C=O) groups is 1. The van der Waals surface area contributed by atoms with E-state index in [9.17, 15) is 4.79 Å². The van der Waals surface area contributed by atoms with Crippen molar-refractivity contribution >= 4 is 6.09 Å². The number of hydrogen-bond donors (Lipinski definition) is 0. The van der Waals surface area contributed by atoms with E-state index in [-0.39, 0.29) is 12.1 Å². The van der Waals surface area contributed by atoms with Gasteiger partial charge in [0.25, 0.3) is 0 Å². The molecule has 0 radical (unpaired) electrons. The Morgan fingerprint density at radius 1 is 1.33 bits per heavy atom. The highest BCUT2D eigenvalue weighted by Crippen LogP contribution is 2.40. The van der Waals surface area contributed by atoms with Crippen LogP contribution in [0, 0.1) is 0 Å². The van der Waals surface area contributed by atoms with Crippen molar-refractivity contribution in [2.24, 2.45) is 0 Å². The largest absolute Gasteiger partial charge is 0.436 e. The Kier molecular flexibility index (Phi) is 4.88. The van der Waals surface area contributed by atoms with Crippen LogP contribution in [0.3, 0.4) is 0 Å². The molecule has 1 aliphatic heterocycles. The topological polar surface area (TPSA) is 32.8 Å². The van der Waals surface area contributed by atoms with Gasteiger partial charge in [0.1, 0.15) is 0 Å². The number of benzene rings is 1. The van der Waals surface area contributed by atoms with Gasteiger partial charge < -0.3 is 9.64 Å². The van der Waals surface area contributed by atoms with Crippen LogP contribution < -0.4 is 0 Å². The second-order valence-electron chi connectivity index (χ2n) is 5.70. The Hall–Kier alpha value is -1.55. The second-order valence-corrected chi connectivity index (χ2v) is 5.70. The number of ether oxygens (including phenoxy) is 1. The van der Waals surface area contributed by atoms with Crippen molar-refractivity contribution in [3.63, 3.8) is 0 Å². The molecule has 1 aliphatic rings. The van der Waals surface area contributed by atoms with Crippen LogP contribution in [0.4, 0.5) is 4.79 Å². The van der Waals surface area contributed by atoms with Crippen molar-refractivity contribution in [2.75, 3.05) is 26.7 Å². The Balaban J connectivity index is 2.32. The van der Waals surface area contributed by atoms with E-state index in [0.29, 0.717) is 13.1 Å². The molecule has 1 aromatic rings. The molecule has 1 fully saturated rings. The van der Waals surface area contributed by atoms with E-state index >= 15 is 0 Å². The predicted octanol–water partition coefficient (Wildman–Crippen LogP) is 3.08. The molecule has 0 aliphatic carbocycles. The van der Waals surface area contributed by atoms with E-state index in [0.717, 1.165) is 18.5 Å². The number of hydrogen-bond acceptors (Lipinski definition) is 3. The van der Waals surface area contributed by atoms with Gasteiger partial charge in [0.2, 0.25) is 0 Å². The van der Waals surface area contributed by atoms with Crippen molar-refractivity contribution in [1.82, 2.24) is 9.80 Å². The number of carbonyl (C=O) groups excluding carboxylic acids is 1. The highest BCUT2D eigenvalue weighted by Gasteiger charge is 2.48. The van der Waals surface area contributed by atoms with Crippen LogP contribution >= 0.6 is 0 Å². The van der Waals surface area contributed by atoms with Gasteiger partial charge in [0.05, 0.1) is 6.04 Å². The summed E-state index contributed by atoms with van der Waals surface area (Å²) in [5.74, 6) is 0. The van der Waals surface area contributed by atoms with Crippen LogP contribution in [-0.4, -0.2) is 48.6 Å². The van der Waals surface area contributed by atoms with Gasteiger partial charge in [0, 0.05) is 26.1 Å². The Bertz CT molecular complexity index is 473. The molecule has 21 heavy (non-hydrogen) atoms. The third-order valence-electron chi connectivity index (χ3n) is 4.73. The van der Waals surface area contributed by atoms with Crippen LogP contribution in [0.5, 0.6) is 0 Å². The molecule has 2 unspecified atom stereocenters. The average molecular weight is 290 g/mol. The first kappa shape index (κ1) is 15.8. The average Bonchev–Trinajstić information content (AvgIpc) is 2.79. The minimum Gasteiger partial charge on any atom is -0.436 e. The zero-order chi connectivity index (χ0) is 15.5. The molecule has 1 heterocycles. The van der Waals surface area contributed by atoms with Crippen LogP contribution in [-0.2, 0) is 10.3 Å². The second kappa shape index (κ2) is 6.48. The standard InChI is InChI=1S/C17H26N2O2/c1-5-19(6-2)16(20)21-17(12-13-18(4)14(17)3)15-10-8-7-9-11-15/h7-11,14H,5-6,12-13H2,1-4H3. The highest BCUT2D eigenvalue weighted by atomic mass is 16.6. The van der Waals surface area contributed by atoms with Crippen molar-refractivity contribution in [3.8, 4) is 0 Å². The summed E-state index contributed by atoms with van der Waals surface area (Å²) >= 11 is 0. The van der Waals surface area contributed by atoms with Crippen LogP contribution in [0.25, 0.3) is 0 Å². The van der Waals surface area contributed by atoms with E-state index in [2.05, 4.69) is 31.0 Å². The van der Waals surface area contributed by atoms with E-state index in [4.69, 9.17) is 4.74 Å². The van der Waals surface area contributed by atoms with Gasteiger partial charge >= 0.3 is 6.09 Å². The molecule has 2 rings (SSSR count). The van der Waals surface area contributed by atoms with E-state index in [1.807, 2.05) is 32.0 Å². The molecule has 0 aromatic heterocycles. The highest BCUT2D eigenvalue weighted by molar-refractivity contribution is 5.68. The summed E-state index contributed by atoms with van der Waals surface area (Å²) in [6.45, 7) is 8.36. The molecule has 0 spiro atoms. The SMILES string of the molecule is CCN(CC)C(=O)OC1(c2ccccc2)CCN(C)C1C. The van der Waals surface area contributed by atoms with Crippen molar-refractivity contribution in [2.45, 2.75) is 38.8 Å². The third kappa shape index (κ3) is 2.91. The summed E-state index contributed by atoms with van der Waals surface area (Å²) in [5, 5.41) is 0. The molecular weight excluding hydrogens is 264 g/mol. The van der Waals surface area contributed by atoms with Gasteiger partial charge in [-0.2, -0.15) is 0 Å². The zero-order valence-electron chi connectivity index (χ0n) is 13.5. The first-order valence-electron chi connectivity index (χ1n) is 7.78. The molecule has 0 bridgehead atoms. The molecule has 116 valence electrons. The number of nitrogens with zero attached hydrogens (tertiary/aromatic N) is 2. The summed E-state index contributed by atoms with van der Waals surface area (Å²) < 4.78 is 6.06. The number of likely N-dealkylation sites (N-methyl/N-ethyl adjacent to an activating group) is 1. The lowest BCUT2D eigenvalue weighted by Crippen LogP contribution is -2.45. The maximum Gasteiger partial charge on any atom is 0.410 e. The number of rotatable bonds is 4. The van der Waals surface area contributed by atoms with E-state index in [1.54, 1.807) is 4.90 Å². The minimum atomic E-state index is -0.546. The quantitative estimate of drug-likeness (QED) is 0.854. The molecule has 4 nitrogen and oxygen atoms in total.